The number of aliphatic hydroxyl groups excluding tert-OH is 2. The van der Waals surface area contributed by atoms with Gasteiger partial charge in [-0.15, -0.1) is 0 Å². The first-order valence-electron chi connectivity index (χ1n) is 8.44. The molecule has 1 amide bonds. The van der Waals surface area contributed by atoms with E-state index in [1.165, 1.54) is 4.90 Å². The number of rotatable bonds is 2. The molecule has 0 aromatic heterocycles. The summed E-state index contributed by atoms with van der Waals surface area (Å²) in [5.74, 6) is 0.493. The molecular weight excluding hydrogens is 284 g/mol. The third kappa shape index (κ3) is 1.97. The van der Waals surface area contributed by atoms with Crippen LogP contribution >= 0.6 is 0 Å². The van der Waals surface area contributed by atoms with E-state index >= 15 is 0 Å². The molecule has 2 saturated heterocycles. The van der Waals surface area contributed by atoms with Gasteiger partial charge in [-0.05, 0) is 43.9 Å². The van der Waals surface area contributed by atoms with Crippen LogP contribution in [0, 0.1) is 11.3 Å². The minimum atomic E-state index is -0.806. The molecule has 6 heteroatoms. The number of ether oxygens (including phenoxy) is 1. The van der Waals surface area contributed by atoms with Gasteiger partial charge in [0.25, 0.3) is 0 Å². The van der Waals surface area contributed by atoms with E-state index in [0.717, 1.165) is 58.3 Å². The van der Waals surface area contributed by atoms with Crippen molar-refractivity contribution < 1.29 is 19.7 Å². The van der Waals surface area contributed by atoms with Gasteiger partial charge in [-0.2, -0.15) is 0 Å². The number of aliphatic hydroxyl groups is 2. The lowest BCUT2D eigenvalue weighted by Crippen LogP contribution is -2.65. The number of hydrogen-bond donors (Lipinski definition) is 2. The summed E-state index contributed by atoms with van der Waals surface area (Å²) in [5, 5.41) is 20.2. The highest BCUT2D eigenvalue weighted by molar-refractivity contribution is 5.90. The smallest absolute Gasteiger partial charge is 0.246 e. The molecule has 0 radical (unpaired) electrons. The van der Waals surface area contributed by atoms with Crippen LogP contribution in [0.25, 0.3) is 0 Å². The van der Waals surface area contributed by atoms with Crippen LogP contribution in [0.5, 0.6) is 0 Å². The van der Waals surface area contributed by atoms with Crippen LogP contribution < -0.4 is 0 Å². The van der Waals surface area contributed by atoms with Crippen molar-refractivity contribution in [1.82, 2.24) is 9.80 Å². The number of amides is 1. The summed E-state index contributed by atoms with van der Waals surface area (Å²) in [7, 11) is 1.70. The van der Waals surface area contributed by atoms with Crippen LogP contribution in [0.4, 0.5) is 0 Å². The fourth-order valence-corrected chi connectivity index (χ4v) is 5.03. The monoisotopic (exact) mass is 310 g/mol. The molecular formula is C16H26N2O4. The van der Waals surface area contributed by atoms with Crippen LogP contribution in [-0.4, -0.2) is 70.7 Å². The zero-order valence-electron chi connectivity index (χ0n) is 13.2. The molecule has 0 aromatic carbocycles. The van der Waals surface area contributed by atoms with E-state index in [1.807, 2.05) is 4.90 Å². The maximum absolute atomic E-state index is 12.8. The van der Waals surface area contributed by atoms with Gasteiger partial charge in [0.2, 0.25) is 5.91 Å². The Labute approximate surface area is 131 Å². The van der Waals surface area contributed by atoms with Crippen molar-refractivity contribution in [2.45, 2.75) is 56.5 Å². The van der Waals surface area contributed by atoms with Crippen molar-refractivity contribution in [2.24, 2.45) is 11.3 Å². The first kappa shape index (κ1) is 14.9. The summed E-state index contributed by atoms with van der Waals surface area (Å²) in [6, 6.07) is 0. The van der Waals surface area contributed by atoms with E-state index in [2.05, 4.69) is 0 Å². The Hall–Kier alpha value is -0.690. The second-order valence-corrected chi connectivity index (χ2v) is 7.93. The molecule has 1 atom stereocenters. The number of hydrogen-bond acceptors (Lipinski definition) is 5. The third-order valence-electron chi connectivity index (χ3n) is 6.41. The Morgan fingerprint density at radius 2 is 1.86 bits per heavy atom. The fourth-order valence-electron chi connectivity index (χ4n) is 5.03. The summed E-state index contributed by atoms with van der Waals surface area (Å²) in [6.07, 6.45) is 4.39. The van der Waals surface area contributed by atoms with Crippen LogP contribution in [0.3, 0.4) is 0 Å². The van der Waals surface area contributed by atoms with Gasteiger partial charge in [0, 0.05) is 19.5 Å². The van der Waals surface area contributed by atoms with E-state index in [-0.39, 0.29) is 17.4 Å². The second kappa shape index (κ2) is 4.90. The summed E-state index contributed by atoms with van der Waals surface area (Å²) >= 11 is 0. The topological polar surface area (TPSA) is 73.2 Å². The van der Waals surface area contributed by atoms with Crippen molar-refractivity contribution in [3.8, 4) is 0 Å². The number of carbonyl (C=O) groups is 1. The highest BCUT2D eigenvalue weighted by atomic mass is 16.5. The summed E-state index contributed by atoms with van der Waals surface area (Å²) in [4.78, 5) is 16.3. The molecule has 4 fully saturated rings. The molecule has 2 N–H and O–H groups in total. The first-order valence-corrected chi connectivity index (χ1v) is 8.44. The zero-order valence-corrected chi connectivity index (χ0v) is 13.2. The third-order valence-corrected chi connectivity index (χ3v) is 6.41. The normalized spacial score (nSPS) is 46.3. The zero-order chi connectivity index (χ0) is 15.5. The Balaban J connectivity index is 1.52. The van der Waals surface area contributed by atoms with Crippen molar-refractivity contribution in [3.63, 3.8) is 0 Å². The van der Waals surface area contributed by atoms with Gasteiger partial charge in [0.05, 0.1) is 19.3 Å². The van der Waals surface area contributed by atoms with Crippen LogP contribution in [0.2, 0.25) is 0 Å². The SMILES string of the molecule is CN1C(=O)C2(CC3(CCC(O)CC3)C2)N(CC2COC2)C1O. The van der Waals surface area contributed by atoms with Gasteiger partial charge in [0.15, 0.2) is 6.35 Å². The van der Waals surface area contributed by atoms with Gasteiger partial charge >= 0.3 is 0 Å². The maximum atomic E-state index is 12.8. The molecule has 2 aliphatic heterocycles. The van der Waals surface area contributed by atoms with Gasteiger partial charge in [-0.1, -0.05) is 0 Å². The first-order chi connectivity index (χ1) is 10.5. The molecule has 0 bridgehead atoms. The van der Waals surface area contributed by atoms with Crippen molar-refractivity contribution in [2.75, 3.05) is 26.8 Å². The largest absolute Gasteiger partial charge is 0.393 e. The molecule has 2 saturated carbocycles. The fraction of sp³-hybridized carbons (Fsp3) is 0.938. The number of nitrogens with zero attached hydrogens (tertiary/aromatic N) is 2. The number of carbonyl (C=O) groups excluding carboxylic acids is 1. The minimum Gasteiger partial charge on any atom is -0.393 e. The molecule has 2 heterocycles. The lowest BCUT2D eigenvalue weighted by molar-refractivity contribution is -0.165. The molecule has 0 aromatic rings. The standard InChI is InChI=1S/C16H26N2O4/c1-17-13(20)16(18(14(17)21)6-11-7-22-8-11)9-15(10-16)4-2-12(19)3-5-15/h11-12,14,19,21H,2-10H2,1H3. The molecule has 1 unspecified atom stereocenters. The summed E-state index contributed by atoms with van der Waals surface area (Å²) < 4.78 is 5.24. The average molecular weight is 310 g/mol. The van der Waals surface area contributed by atoms with Gasteiger partial charge in [-0.3, -0.25) is 4.79 Å². The second-order valence-electron chi connectivity index (χ2n) is 7.93. The van der Waals surface area contributed by atoms with Crippen molar-refractivity contribution >= 4 is 5.91 Å². The molecule has 2 spiro atoms. The lowest BCUT2D eigenvalue weighted by Gasteiger charge is -2.59. The van der Waals surface area contributed by atoms with Gasteiger partial charge in [0.1, 0.15) is 5.54 Å². The molecule has 124 valence electrons. The van der Waals surface area contributed by atoms with Crippen molar-refractivity contribution in [1.29, 1.82) is 0 Å². The van der Waals surface area contributed by atoms with Gasteiger partial charge in [-0.25, -0.2) is 4.90 Å². The Kier molecular flexibility index (Phi) is 3.31. The Morgan fingerprint density at radius 3 is 2.41 bits per heavy atom. The molecule has 22 heavy (non-hydrogen) atoms. The maximum Gasteiger partial charge on any atom is 0.246 e. The van der Waals surface area contributed by atoms with Crippen LogP contribution in [0.15, 0.2) is 0 Å². The predicted molar refractivity (Wildman–Crippen MR) is 78.7 cm³/mol. The summed E-state index contributed by atoms with van der Waals surface area (Å²) in [5.41, 5.74) is -0.305. The van der Waals surface area contributed by atoms with Crippen LogP contribution in [-0.2, 0) is 9.53 Å². The number of likely N-dealkylation sites (N-methyl/N-ethyl adjacent to an activating group) is 1. The Morgan fingerprint density at radius 1 is 1.23 bits per heavy atom. The lowest BCUT2D eigenvalue weighted by atomic mass is 9.51. The Bertz CT molecular complexity index is 463. The molecule has 4 aliphatic rings. The van der Waals surface area contributed by atoms with Gasteiger partial charge < -0.3 is 19.8 Å². The highest BCUT2D eigenvalue weighted by Gasteiger charge is 2.67. The minimum absolute atomic E-state index is 0.0667. The van der Waals surface area contributed by atoms with E-state index in [9.17, 15) is 15.0 Å². The molecule has 2 aliphatic carbocycles. The van der Waals surface area contributed by atoms with E-state index in [4.69, 9.17) is 4.74 Å². The average Bonchev–Trinajstić information content (AvgIpc) is 2.59. The highest BCUT2D eigenvalue weighted by Crippen LogP contribution is 2.61. The van der Waals surface area contributed by atoms with E-state index in [0.29, 0.717) is 5.92 Å². The van der Waals surface area contributed by atoms with E-state index in [1.54, 1.807) is 7.05 Å². The summed E-state index contributed by atoms with van der Waals surface area (Å²) in [6.45, 7) is 2.19. The molecule has 4 rings (SSSR count). The van der Waals surface area contributed by atoms with Crippen LogP contribution in [0.1, 0.15) is 38.5 Å². The molecule has 6 nitrogen and oxygen atoms in total. The van der Waals surface area contributed by atoms with Crippen molar-refractivity contribution in [3.05, 3.63) is 0 Å². The quantitative estimate of drug-likeness (QED) is 0.759. The van der Waals surface area contributed by atoms with E-state index < -0.39 is 11.9 Å². The predicted octanol–water partition coefficient (Wildman–Crippen LogP) is 0.137.